The van der Waals surface area contributed by atoms with Crippen LogP contribution >= 0.6 is 0 Å². The summed E-state index contributed by atoms with van der Waals surface area (Å²) in [5.41, 5.74) is 0. The van der Waals surface area contributed by atoms with Gasteiger partial charge in [0.15, 0.2) is 0 Å². The van der Waals surface area contributed by atoms with Gasteiger partial charge in [-0.25, -0.2) is 0 Å². The number of rotatable bonds is 0. The fraction of sp³-hybridized carbons (Fsp3) is 0. The molecular formula is InOSn2Zn+11. The van der Waals surface area contributed by atoms with E-state index in [1.165, 1.54) is 0 Å². The molecule has 0 amide bonds. The minimum Gasteiger partial charge on any atom is -2.00 e. The topological polar surface area (TPSA) is 28.5 Å². The molecule has 5 heavy (non-hydrogen) atoms. The first-order valence-corrected chi connectivity index (χ1v) is 0. The molecule has 8 valence electrons. The smallest absolute Gasteiger partial charge is 2.00 e. The third-order valence-electron chi connectivity index (χ3n) is 0. The zero-order chi connectivity index (χ0) is 0. The maximum atomic E-state index is 0. The minimum absolute atomic E-state index is 0. The van der Waals surface area contributed by atoms with Crippen molar-refractivity contribution in [2.45, 2.75) is 0 Å². The van der Waals surface area contributed by atoms with Crippen LogP contribution in [0.2, 0.25) is 0 Å². The van der Waals surface area contributed by atoms with E-state index in [2.05, 4.69) is 0 Å². The normalized spacial score (nSPS) is 0. The third-order valence-corrected chi connectivity index (χ3v) is 0. The molecule has 0 spiro atoms. The Morgan fingerprint density at radius 2 is 0.800 bits per heavy atom. The Kier molecular flexibility index (Phi) is 239. The first kappa shape index (κ1) is 43.0. The molecule has 0 N–H and O–H groups in total. The van der Waals surface area contributed by atoms with E-state index >= 15 is 0 Å². The van der Waals surface area contributed by atoms with Crippen LogP contribution in [0.5, 0.6) is 0 Å². The van der Waals surface area contributed by atoms with Crippen molar-refractivity contribution in [1.82, 2.24) is 0 Å². The molecule has 0 aromatic rings. The molecular weight excluding hydrogens is 434 g/mol. The van der Waals surface area contributed by atoms with Gasteiger partial charge >= 0.3 is 93.1 Å². The fourth-order valence-corrected chi connectivity index (χ4v) is 0. The quantitative estimate of drug-likeness (QED) is 0.427. The van der Waals surface area contributed by atoms with E-state index in [1.807, 2.05) is 0 Å². The van der Waals surface area contributed by atoms with Crippen molar-refractivity contribution in [3.05, 3.63) is 0 Å². The van der Waals surface area contributed by atoms with E-state index in [1.54, 1.807) is 0 Å². The third kappa shape index (κ3) is 19.3. The summed E-state index contributed by atoms with van der Waals surface area (Å²) in [4.78, 5) is 0. The molecule has 0 saturated heterocycles. The summed E-state index contributed by atoms with van der Waals surface area (Å²) in [5.74, 6) is 0. The van der Waals surface area contributed by atoms with E-state index in [-0.39, 0.29) is 98.6 Å². The molecule has 1 nitrogen and oxygen atoms in total. The molecule has 0 bridgehead atoms. The molecule has 0 atom stereocenters. The van der Waals surface area contributed by atoms with Crippen LogP contribution in [-0.2, 0) is 25.0 Å². The van der Waals surface area contributed by atoms with Crippen molar-refractivity contribution in [3.63, 3.8) is 0 Å². The fourth-order valence-electron chi connectivity index (χ4n) is 0. The van der Waals surface area contributed by atoms with Gasteiger partial charge < -0.3 is 5.48 Å². The van der Waals surface area contributed by atoms with Crippen molar-refractivity contribution < 1.29 is 25.0 Å². The zero-order valence-corrected chi connectivity index (χ0v) is 14.7. The van der Waals surface area contributed by atoms with Crippen LogP contribution in [0.25, 0.3) is 0 Å². The predicted octanol–water partition coefficient (Wildman–Crippen LogP) is -1.26. The van der Waals surface area contributed by atoms with Gasteiger partial charge in [-0.05, 0) is 0 Å². The van der Waals surface area contributed by atoms with E-state index in [9.17, 15) is 0 Å². The Balaban J connectivity index is 0. The molecule has 0 rings (SSSR count). The summed E-state index contributed by atoms with van der Waals surface area (Å²) in [7, 11) is 0. The molecule has 0 aliphatic rings. The van der Waals surface area contributed by atoms with Gasteiger partial charge in [-0.1, -0.05) is 0 Å². The molecule has 0 aromatic heterocycles. The van der Waals surface area contributed by atoms with Crippen LogP contribution in [0.4, 0.5) is 0 Å². The summed E-state index contributed by atoms with van der Waals surface area (Å²) >= 11 is 0. The second kappa shape index (κ2) is 27.7. The Morgan fingerprint density at radius 1 is 0.800 bits per heavy atom. The van der Waals surface area contributed by atoms with Crippen molar-refractivity contribution in [2.24, 2.45) is 0 Å². The molecule has 0 aliphatic carbocycles. The zero-order valence-electron chi connectivity index (χ0n) is 2.69. The van der Waals surface area contributed by atoms with Gasteiger partial charge in [0, 0.05) is 0 Å². The van der Waals surface area contributed by atoms with Gasteiger partial charge in [0.05, 0.1) is 0 Å². The Bertz CT molecular complexity index is 9.61. The standard InChI is InChI=1S/In.O.2Sn.Zn/q+3;-2;2*+4;+2. The summed E-state index contributed by atoms with van der Waals surface area (Å²) < 4.78 is 0. The molecule has 0 heterocycles. The number of hydrogen-bond acceptors (Lipinski definition) is 0. The van der Waals surface area contributed by atoms with Crippen LogP contribution in [0.1, 0.15) is 0 Å². The van der Waals surface area contributed by atoms with Crippen molar-refractivity contribution in [2.75, 3.05) is 0 Å². The second-order valence-electron chi connectivity index (χ2n) is 0. The Hall–Kier alpha value is 3.05. The molecule has 0 aliphatic heterocycles. The van der Waals surface area contributed by atoms with Crippen LogP contribution in [-0.4, -0.2) is 73.7 Å². The Morgan fingerprint density at radius 3 is 0.800 bits per heavy atom. The summed E-state index contributed by atoms with van der Waals surface area (Å²) in [5, 5.41) is 0. The number of hydrogen-bond donors (Lipinski definition) is 0. The minimum atomic E-state index is 0. The van der Waals surface area contributed by atoms with Crippen LogP contribution < -0.4 is 0 Å². The van der Waals surface area contributed by atoms with Crippen LogP contribution in [0, 0.1) is 0 Å². The SMILES string of the molecule is [In+3].[O-2].[Sn+4].[Sn+4].[Zn+2]. The van der Waals surface area contributed by atoms with E-state index < -0.39 is 0 Å². The maximum Gasteiger partial charge on any atom is 4.00 e. The maximum absolute atomic E-state index is 0. The van der Waals surface area contributed by atoms with Crippen LogP contribution in [0.3, 0.4) is 0 Å². The molecule has 0 fully saturated rings. The van der Waals surface area contributed by atoms with E-state index in [0.717, 1.165) is 0 Å². The Labute approximate surface area is 96.8 Å². The summed E-state index contributed by atoms with van der Waals surface area (Å²) in [6.07, 6.45) is 0. The van der Waals surface area contributed by atoms with Gasteiger partial charge in [-0.2, -0.15) is 0 Å². The van der Waals surface area contributed by atoms with Gasteiger partial charge in [0.2, 0.25) is 0 Å². The van der Waals surface area contributed by atoms with E-state index in [0.29, 0.717) is 0 Å². The molecule has 0 saturated carbocycles. The van der Waals surface area contributed by atoms with Crippen LogP contribution in [0.15, 0.2) is 0 Å². The van der Waals surface area contributed by atoms with Gasteiger partial charge in [0.25, 0.3) is 0 Å². The van der Waals surface area contributed by atoms with Crippen molar-refractivity contribution in [1.29, 1.82) is 0 Å². The first-order chi connectivity index (χ1) is 0. The average Bonchev–Trinajstić information content (AvgIpc) is 0. The summed E-state index contributed by atoms with van der Waals surface area (Å²) in [6, 6.07) is 0. The first-order valence-electron chi connectivity index (χ1n) is 0. The van der Waals surface area contributed by atoms with Crippen molar-refractivity contribution in [3.8, 4) is 0 Å². The predicted molar refractivity (Wildman–Crippen MR) is 17.9 cm³/mol. The monoisotopic (exact) mass is 435 g/mol. The van der Waals surface area contributed by atoms with Gasteiger partial charge in [-0.15, -0.1) is 0 Å². The molecule has 0 unspecified atom stereocenters. The second-order valence-corrected chi connectivity index (χ2v) is 0. The van der Waals surface area contributed by atoms with Gasteiger partial charge in [-0.3, -0.25) is 0 Å². The molecule has 5 heteroatoms. The average molecular weight is 434 g/mol. The molecule has 0 aromatic carbocycles. The largest absolute Gasteiger partial charge is 4.00 e. The van der Waals surface area contributed by atoms with E-state index in [4.69, 9.17) is 0 Å². The van der Waals surface area contributed by atoms with Gasteiger partial charge in [0.1, 0.15) is 0 Å². The van der Waals surface area contributed by atoms with Crippen molar-refractivity contribution >= 4 is 73.7 Å². The summed E-state index contributed by atoms with van der Waals surface area (Å²) in [6.45, 7) is 0. The molecule has 0 radical (unpaired) electrons.